The monoisotopic (exact) mass is 385 g/mol. The smallest absolute Gasteiger partial charge is 0.159 e. The molecule has 0 heterocycles. The number of hydrogen-bond acceptors (Lipinski definition) is 2. The summed E-state index contributed by atoms with van der Waals surface area (Å²) in [6.45, 7) is 8.75. The van der Waals surface area contributed by atoms with Crippen molar-refractivity contribution in [3.63, 3.8) is 0 Å². The maximum absolute atomic E-state index is 14.8. The van der Waals surface area contributed by atoms with E-state index in [4.69, 9.17) is 0 Å². The lowest BCUT2D eigenvalue weighted by Crippen LogP contribution is -2.41. The van der Waals surface area contributed by atoms with Crippen molar-refractivity contribution >= 4 is 17.8 Å². The number of benzene rings is 2. The molecule has 0 radical (unpaired) electrons. The zero-order chi connectivity index (χ0) is 19.5. The second-order valence-electron chi connectivity index (χ2n) is 7.34. The van der Waals surface area contributed by atoms with Crippen LogP contribution >= 0.6 is 7.14 Å². The summed E-state index contributed by atoms with van der Waals surface area (Å²) in [5.41, 5.74) is 0. The van der Waals surface area contributed by atoms with E-state index < -0.39 is 7.14 Å². The second-order valence-corrected chi connectivity index (χ2v) is 10.3. The lowest BCUT2D eigenvalue weighted by Gasteiger charge is -2.38. The molecular formula is C24H36NOP. The maximum Gasteiger partial charge on any atom is 0.159 e. The molecule has 2 nitrogen and oxygen atoms in total. The van der Waals surface area contributed by atoms with Gasteiger partial charge in [-0.15, -0.1) is 0 Å². The number of nitrogens with zero attached hydrogens (tertiary/aromatic N) is 1. The first-order chi connectivity index (χ1) is 13.2. The van der Waals surface area contributed by atoms with Gasteiger partial charge in [0.05, 0.1) is 5.78 Å². The van der Waals surface area contributed by atoms with Crippen molar-refractivity contribution in [2.24, 2.45) is 0 Å². The van der Waals surface area contributed by atoms with Crippen LogP contribution in [0.1, 0.15) is 59.3 Å². The fourth-order valence-electron chi connectivity index (χ4n) is 3.78. The molecule has 0 amide bonds. The molecule has 0 fully saturated rings. The summed E-state index contributed by atoms with van der Waals surface area (Å²) < 4.78 is 14.8. The van der Waals surface area contributed by atoms with Gasteiger partial charge in [-0.05, 0) is 32.4 Å². The third-order valence-corrected chi connectivity index (χ3v) is 8.82. The van der Waals surface area contributed by atoms with Crippen molar-refractivity contribution in [1.29, 1.82) is 0 Å². The van der Waals surface area contributed by atoms with Crippen LogP contribution in [-0.4, -0.2) is 23.8 Å². The van der Waals surface area contributed by atoms with Crippen LogP contribution in [0, 0.1) is 0 Å². The van der Waals surface area contributed by atoms with Crippen LogP contribution < -0.4 is 10.6 Å². The van der Waals surface area contributed by atoms with Gasteiger partial charge in [0.25, 0.3) is 0 Å². The molecule has 148 valence electrons. The molecule has 0 aliphatic rings. The Kier molecular flexibility index (Phi) is 9.31. The summed E-state index contributed by atoms with van der Waals surface area (Å²) in [6, 6.07) is 20.4. The van der Waals surface area contributed by atoms with E-state index >= 15 is 0 Å². The van der Waals surface area contributed by atoms with Crippen molar-refractivity contribution in [1.82, 2.24) is 4.90 Å². The first-order valence-corrected chi connectivity index (χ1v) is 12.4. The van der Waals surface area contributed by atoms with E-state index in [9.17, 15) is 4.57 Å². The Morgan fingerprint density at radius 1 is 0.741 bits per heavy atom. The lowest BCUT2D eigenvalue weighted by molar-refractivity contribution is 0.231. The third-order valence-electron chi connectivity index (χ3n) is 5.27. The molecular weight excluding hydrogens is 349 g/mol. The van der Waals surface area contributed by atoms with E-state index in [0.29, 0.717) is 0 Å². The van der Waals surface area contributed by atoms with Crippen molar-refractivity contribution in [3.05, 3.63) is 60.7 Å². The molecule has 2 aromatic rings. The van der Waals surface area contributed by atoms with Crippen molar-refractivity contribution < 1.29 is 4.57 Å². The Morgan fingerprint density at radius 3 is 1.56 bits per heavy atom. The lowest BCUT2D eigenvalue weighted by atomic mass is 10.2. The maximum atomic E-state index is 14.8. The standard InChI is InChI=1S/C24H36NOP/c1-4-7-20-25(21-8-5-2)24(15-6-3)27(26,22-16-11-9-12-17-22)23-18-13-10-14-19-23/h9-14,16-19,24H,4-8,15,20-21H2,1-3H3. The summed E-state index contributed by atoms with van der Waals surface area (Å²) in [5, 5.41) is 1.99. The SMILES string of the molecule is CCCCN(CCCC)C(CCC)P(=O)(c1ccccc1)c1ccccc1. The molecule has 0 aliphatic heterocycles. The Hall–Kier alpha value is -1.37. The highest BCUT2D eigenvalue weighted by atomic mass is 31.2. The molecule has 0 aliphatic carbocycles. The molecule has 27 heavy (non-hydrogen) atoms. The molecule has 1 atom stereocenters. The largest absolute Gasteiger partial charge is 0.312 e. The Bertz CT molecular complexity index is 635. The van der Waals surface area contributed by atoms with Crippen LogP contribution in [-0.2, 0) is 4.57 Å². The Morgan fingerprint density at radius 2 is 1.19 bits per heavy atom. The predicted octanol–water partition coefficient (Wildman–Crippen LogP) is 6.03. The zero-order valence-electron chi connectivity index (χ0n) is 17.3. The predicted molar refractivity (Wildman–Crippen MR) is 120 cm³/mol. The second kappa shape index (κ2) is 11.5. The summed E-state index contributed by atoms with van der Waals surface area (Å²) in [7, 11) is -2.76. The molecule has 1 unspecified atom stereocenters. The molecule has 0 aromatic heterocycles. The van der Waals surface area contributed by atoms with Gasteiger partial charge in [0, 0.05) is 10.6 Å². The summed E-state index contributed by atoms with van der Waals surface area (Å²) >= 11 is 0. The minimum Gasteiger partial charge on any atom is -0.312 e. The zero-order valence-corrected chi connectivity index (χ0v) is 18.2. The van der Waals surface area contributed by atoms with Crippen molar-refractivity contribution in [3.8, 4) is 0 Å². The fourth-order valence-corrected chi connectivity index (χ4v) is 7.31. The summed E-state index contributed by atoms with van der Waals surface area (Å²) in [4.78, 5) is 2.54. The average Bonchev–Trinajstić information content (AvgIpc) is 2.73. The highest BCUT2D eigenvalue weighted by Gasteiger charge is 2.39. The fraction of sp³-hybridized carbons (Fsp3) is 0.500. The van der Waals surface area contributed by atoms with E-state index in [-0.39, 0.29) is 5.78 Å². The van der Waals surface area contributed by atoms with Crippen LogP contribution in [0.15, 0.2) is 60.7 Å². The highest BCUT2D eigenvalue weighted by molar-refractivity contribution is 7.79. The normalized spacial score (nSPS) is 13.0. The highest BCUT2D eigenvalue weighted by Crippen LogP contribution is 2.51. The van der Waals surface area contributed by atoms with Gasteiger partial charge in [-0.2, -0.15) is 0 Å². The van der Waals surface area contributed by atoms with Crippen LogP contribution in [0.5, 0.6) is 0 Å². The third kappa shape index (κ3) is 5.56. The summed E-state index contributed by atoms with van der Waals surface area (Å²) in [5.74, 6) is 0.0744. The van der Waals surface area contributed by atoms with Gasteiger partial charge in [0.2, 0.25) is 0 Å². The van der Waals surface area contributed by atoms with Crippen LogP contribution in [0.25, 0.3) is 0 Å². The van der Waals surface area contributed by atoms with Gasteiger partial charge in [-0.25, -0.2) is 0 Å². The van der Waals surface area contributed by atoms with Crippen LogP contribution in [0.3, 0.4) is 0 Å². The molecule has 0 saturated carbocycles. The average molecular weight is 386 g/mol. The molecule has 0 spiro atoms. The van der Waals surface area contributed by atoms with Gasteiger partial charge in [-0.1, -0.05) is 101 Å². The number of hydrogen-bond donors (Lipinski definition) is 0. The first kappa shape index (κ1) is 21.9. The first-order valence-electron chi connectivity index (χ1n) is 10.6. The van der Waals surface area contributed by atoms with Crippen LogP contribution in [0.4, 0.5) is 0 Å². The van der Waals surface area contributed by atoms with Gasteiger partial charge in [-0.3, -0.25) is 4.90 Å². The van der Waals surface area contributed by atoms with Gasteiger partial charge in [0.1, 0.15) is 0 Å². The van der Waals surface area contributed by atoms with E-state index in [1.807, 2.05) is 36.4 Å². The molecule has 0 bridgehead atoms. The van der Waals surface area contributed by atoms with Crippen molar-refractivity contribution in [2.75, 3.05) is 13.1 Å². The molecule has 3 heteroatoms. The topological polar surface area (TPSA) is 20.3 Å². The molecule has 2 aromatic carbocycles. The van der Waals surface area contributed by atoms with Gasteiger partial charge in [0.15, 0.2) is 7.14 Å². The number of rotatable bonds is 12. The number of unbranched alkanes of at least 4 members (excludes halogenated alkanes) is 2. The summed E-state index contributed by atoms with van der Waals surface area (Å²) in [6.07, 6.45) is 6.67. The van der Waals surface area contributed by atoms with Crippen molar-refractivity contribution in [2.45, 2.75) is 65.1 Å². The minimum absolute atomic E-state index is 0.0744. The van der Waals surface area contributed by atoms with E-state index in [0.717, 1.165) is 49.4 Å². The Balaban J connectivity index is 2.55. The Labute approximate surface area is 166 Å². The quantitative estimate of drug-likeness (QED) is 0.416. The minimum atomic E-state index is -2.76. The molecule has 0 N–H and O–H groups in total. The molecule has 0 saturated heterocycles. The van der Waals surface area contributed by atoms with E-state index in [2.05, 4.69) is 49.9 Å². The van der Waals surface area contributed by atoms with E-state index in [1.165, 1.54) is 12.8 Å². The van der Waals surface area contributed by atoms with Crippen LogP contribution in [0.2, 0.25) is 0 Å². The van der Waals surface area contributed by atoms with E-state index in [1.54, 1.807) is 0 Å². The molecule has 2 rings (SSSR count). The van der Waals surface area contributed by atoms with Gasteiger partial charge >= 0.3 is 0 Å². The van der Waals surface area contributed by atoms with Gasteiger partial charge < -0.3 is 4.57 Å².